The van der Waals surface area contributed by atoms with Crippen LogP contribution < -0.4 is 10.6 Å². The summed E-state index contributed by atoms with van der Waals surface area (Å²) in [6.45, 7) is 1.55. The molecule has 2 heterocycles. The smallest absolute Gasteiger partial charge is 0.329 e. The second-order valence-electron chi connectivity index (χ2n) is 5.70. The maximum atomic E-state index is 11.3. The van der Waals surface area contributed by atoms with Gasteiger partial charge in [0, 0.05) is 25.2 Å². The lowest BCUT2D eigenvalue weighted by atomic mass is 10.1. The minimum Gasteiger partial charge on any atom is -0.329 e. The molecule has 0 aromatic rings. The molecule has 27 heavy (non-hydrogen) atoms. The van der Waals surface area contributed by atoms with E-state index in [0.29, 0.717) is 10.1 Å². The summed E-state index contributed by atoms with van der Waals surface area (Å²) in [6, 6.07) is 0. The Kier molecular flexibility index (Phi) is 8.48. The third-order valence-corrected chi connectivity index (χ3v) is 3.36. The number of imide groups is 2. The van der Waals surface area contributed by atoms with Crippen LogP contribution in [0.2, 0.25) is 0 Å². The molecule has 0 aromatic carbocycles. The molecule has 2 aliphatic rings. The van der Waals surface area contributed by atoms with Crippen LogP contribution in [0.4, 0.5) is 0 Å². The van der Waals surface area contributed by atoms with E-state index >= 15 is 0 Å². The molecular weight excluding hydrogens is 364 g/mol. The molecule has 0 bridgehead atoms. The minimum absolute atomic E-state index is 0.0307. The molecule has 4 amide bonds. The van der Waals surface area contributed by atoms with Gasteiger partial charge in [0.15, 0.2) is 0 Å². The van der Waals surface area contributed by atoms with Crippen LogP contribution in [0.5, 0.6) is 0 Å². The lowest BCUT2D eigenvalue weighted by Crippen LogP contribution is -2.36. The highest BCUT2D eigenvalue weighted by atomic mass is 16.7. The van der Waals surface area contributed by atoms with Crippen molar-refractivity contribution in [1.29, 1.82) is 0 Å². The summed E-state index contributed by atoms with van der Waals surface area (Å²) in [7, 11) is 3.13. The fourth-order valence-corrected chi connectivity index (χ4v) is 2.07. The van der Waals surface area contributed by atoms with Crippen molar-refractivity contribution in [2.45, 2.75) is 26.2 Å². The first-order chi connectivity index (χ1) is 12.7. The summed E-state index contributed by atoms with van der Waals surface area (Å²) in [5.41, 5.74) is 0. The highest BCUT2D eigenvalue weighted by Gasteiger charge is 2.38. The summed E-state index contributed by atoms with van der Waals surface area (Å²) in [5.74, 6) is -3.55. The largest absolute Gasteiger partial charge is 0.346 e. The number of hydrogen-bond acceptors (Lipinski definition) is 10. The lowest BCUT2D eigenvalue weighted by Gasteiger charge is -2.12. The van der Waals surface area contributed by atoms with Crippen LogP contribution in [0, 0.1) is 5.92 Å². The zero-order valence-electron chi connectivity index (χ0n) is 15.3. The third-order valence-electron chi connectivity index (χ3n) is 3.36. The monoisotopic (exact) mass is 386 g/mol. The van der Waals surface area contributed by atoms with E-state index in [0.717, 1.165) is 0 Å². The number of hydroxylamine groups is 4. The second-order valence-corrected chi connectivity index (χ2v) is 5.70. The first-order valence-electron chi connectivity index (χ1n) is 8.14. The fourth-order valence-electron chi connectivity index (χ4n) is 2.07. The first kappa shape index (κ1) is 22.2. The van der Waals surface area contributed by atoms with Crippen LogP contribution in [0.15, 0.2) is 0 Å². The Bertz CT molecular complexity index is 619. The molecule has 2 fully saturated rings. The number of rotatable bonds is 6. The molecule has 0 saturated carbocycles. The van der Waals surface area contributed by atoms with Crippen LogP contribution in [0.25, 0.3) is 0 Å². The highest BCUT2D eigenvalue weighted by Crippen LogP contribution is 2.18. The molecule has 2 rings (SSSR count). The molecule has 2 N–H and O–H groups in total. The Morgan fingerprint density at radius 3 is 1.70 bits per heavy atom. The Balaban J connectivity index is 0.000000271. The van der Waals surface area contributed by atoms with E-state index in [4.69, 9.17) is 0 Å². The van der Waals surface area contributed by atoms with Crippen molar-refractivity contribution in [3.05, 3.63) is 0 Å². The summed E-state index contributed by atoms with van der Waals surface area (Å²) in [6.07, 6.45) is 0.336. The molecule has 150 valence electrons. The average Bonchev–Trinajstić information content (AvgIpc) is 3.03. The third kappa shape index (κ3) is 6.42. The van der Waals surface area contributed by atoms with E-state index in [1.165, 1.54) is 0 Å². The predicted molar refractivity (Wildman–Crippen MR) is 86.8 cm³/mol. The number of nitrogens with zero attached hydrogens (tertiary/aromatic N) is 2. The first-order valence-corrected chi connectivity index (χ1v) is 8.14. The molecule has 1 atom stereocenters. The summed E-state index contributed by atoms with van der Waals surface area (Å²) in [5, 5.41) is 6.18. The van der Waals surface area contributed by atoms with Crippen molar-refractivity contribution in [2.24, 2.45) is 5.92 Å². The van der Waals surface area contributed by atoms with Crippen molar-refractivity contribution >= 4 is 35.6 Å². The van der Waals surface area contributed by atoms with E-state index < -0.39 is 41.5 Å². The van der Waals surface area contributed by atoms with Crippen LogP contribution in [0.1, 0.15) is 26.2 Å². The van der Waals surface area contributed by atoms with Gasteiger partial charge < -0.3 is 20.3 Å². The fraction of sp³-hybridized carbons (Fsp3) is 0.600. The van der Waals surface area contributed by atoms with Gasteiger partial charge in [0.1, 0.15) is 0 Å². The molecule has 12 nitrogen and oxygen atoms in total. The van der Waals surface area contributed by atoms with Gasteiger partial charge >= 0.3 is 11.9 Å². The topological polar surface area (TPSA) is 151 Å². The zero-order valence-corrected chi connectivity index (χ0v) is 15.3. The van der Waals surface area contributed by atoms with Gasteiger partial charge in [-0.2, -0.15) is 0 Å². The van der Waals surface area contributed by atoms with Crippen LogP contribution in [-0.2, 0) is 38.4 Å². The lowest BCUT2D eigenvalue weighted by molar-refractivity contribution is -0.197. The standard InChI is InChI=1S/C8H12N2O4.C7H10N2O4/c1-5-3-6(11)10(8(5)13)14-7(12)4-9-2;1-8-4-7(12)13-9-5(10)2-3-6(9)11/h5,9H,3-4H2,1-2H3;8H,2-4H2,1H3. The molecule has 2 saturated heterocycles. The van der Waals surface area contributed by atoms with Gasteiger partial charge in [-0.25, -0.2) is 9.59 Å². The van der Waals surface area contributed by atoms with E-state index in [2.05, 4.69) is 20.3 Å². The van der Waals surface area contributed by atoms with Crippen LogP contribution >= 0.6 is 0 Å². The maximum absolute atomic E-state index is 11.3. The van der Waals surface area contributed by atoms with Gasteiger partial charge in [0.05, 0.1) is 13.1 Å². The van der Waals surface area contributed by atoms with Gasteiger partial charge in [-0.05, 0) is 14.1 Å². The minimum atomic E-state index is -0.650. The van der Waals surface area contributed by atoms with Gasteiger partial charge in [-0.3, -0.25) is 19.2 Å². The summed E-state index contributed by atoms with van der Waals surface area (Å²) >= 11 is 0. The molecule has 1 unspecified atom stereocenters. The van der Waals surface area contributed by atoms with Gasteiger partial charge in [-0.15, -0.1) is 10.1 Å². The van der Waals surface area contributed by atoms with Crippen molar-refractivity contribution < 1.29 is 38.4 Å². The van der Waals surface area contributed by atoms with Crippen molar-refractivity contribution in [3.63, 3.8) is 0 Å². The normalized spacial score (nSPS) is 19.1. The number of carbonyl (C=O) groups is 6. The Labute approximate surface area is 155 Å². The Morgan fingerprint density at radius 1 is 0.889 bits per heavy atom. The number of likely N-dealkylation sites (N-methyl/N-ethyl adjacent to an activating group) is 2. The van der Waals surface area contributed by atoms with Crippen molar-refractivity contribution in [3.8, 4) is 0 Å². The van der Waals surface area contributed by atoms with Crippen molar-refractivity contribution in [2.75, 3.05) is 27.2 Å². The zero-order chi connectivity index (χ0) is 20.6. The molecular formula is C15H22N4O8. The van der Waals surface area contributed by atoms with E-state index in [-0.39, 0.29) is 32.4 Å². The molecule has 0 radical (unpaired) electrons. The predicted octanol–water partition coefficient (Wildman–Crippen LogP) is -2.13. The number of hydrogen-bond donors (Lipinski definition) is 2. The van der Waals surface area contributed by atoms with Gasteiger partial charge in [-0.1, -0.05) is 6.92 Å². The van der Waals surface area contributed by atoms with Gasteiger partial charge in [0.2, 0.25) is 0 Å². The number of carbonyl (C=O) groups excluding carboxylic acids is 6. The Morgan fingerprint density at radius 2 is 1.33 bits per heavy atom. The van der Waals surface area contributed by atoms with E-state index in [1.54, 1.807) is 21.0 Å². The quantitative estimate of drug-likeness (QED) is 0.484. The molecule has 0 spiro atoms. The average molecular weight is 386 g/mol. The summed E-state index contributed by atoms with van der Waals surface area (Å²) < 4.78 is 0. The van der Waals surface area contributed by atoms with E-state index in [9.17, 15) is 28.8 Å². The molecule has 2 aliphatic heterocycles. The maximum Gasteiger partial charge on any atom is 0.346 e. The number of nitrogens with one attached hydrogen (secondary N) is 2. The van der Waals surface area contributed by atoms with Gasteiger partial charge in [0.25, 0.3) is 23.6 Å². The van der Waals surface area contributed by atoms with Crippen LogP contribution in [-0.4, -0.2) is 72.9 Å². The van der Waals surface area contributed by atoms with E-state index in [1.807, 2.05) is 0 Å². The molecule has 0 aromatic heterocycles. The summed E-state index contributed by atoms with van der Waals surface area (Å²) in [4.78, 5) is 75.2. The SMILES string of the molecule is CNCC(=O)ON1C(=O)CC(C)C1=O.CNCC(=O)ON1C(=O)CCC1=O. The second kappa shape index (κ2) is 10.3. The van der Waals surface area contributed by atoms with Crippen LogP contribution in [0.3, 0.4) is 0 Å². The highest BCUT2D eigenvalue weighted by molar-refractivity contribution is 6.03. The molecule has 0 aliphatic carbocycles. The molecule has 12 heteroatoms. The Hall–Kier alpha value is -2.86. The number of amides is 4. The van der Waals surface area contributed by atoms with Crippen molar-refractivity contribution in [1.82, 2.24) is 20.8 Å².